The maximum absolute atomic E-state index is 5.30. The third-order valence-corrected chi connectivity index (χ3v) is 14.8. The summed E-state index contributed by atoms with van der Waals surface area (Å²) in [6, 6.07) is 13.1. The lowest BCUT2D eigenvalue weighted by molar-refractivity contribution is 0.639. The van der Waals surface area contributed by atoms with Gasteiger partial charge in [-0.1, -0.05) is 47.6 Å². The highest BCUT2D eigenvalue weighted by atomic mass is 28.3. The van der Waals surface area contributed by atoms with E-state index in [4.69, 9.17) is 4.98 Å². The Morgan fingerprint density at radius 2 is 1.44 bits per heavy atom. The van der Waals surface area contributed by atoms with Crippen LogP contribution in [0.3, 0.4) is 0 Å². The monoisotopic (exact) mass is 474 g/mol. The van der Waals surface area contributed by atoms with Crippen molar-refractivity contribution in [3.8, 4) is 0 Å². The molecule has 0 aliphatic carbocycles. The summed E-state index contributed by atoms with van der Waals surface area (Å²) in [6.07, 6.45) is 6.25. The predicted molar refractivity (Wildman–Crippen MR) is 146 cm³/mol. The second kappa shape index (κ2) is 8.76. The molecule has 4 aromatic heterocycles. The van der Waals surface area contributed by atoms with E-state index in [0.29, 0.717) is 16.6 Å². The Hall–Kier alpha value is -2.80. The van der Waals surface area contributed by atoms with E-state index in [2.05, 4.69) is 114 Å². The Morgan fingerprint density at radius 3 is 2.12 bits per heavy atom. The summed E-state index contributed by atoms with van der Waals surface area (Å²) in [5.41, 5.74) is 4.10. The quantitative estimate of drug-likeness (QED) is 0.320. The SMILES string of the molecule is CC(C)[Si](C(C)C)(C(C)C)n1ccc2ccc(N3CCN(c4cccc5nccn45)CC3)nc21. The number of rotatable bonds is 6. The van der Waals surface area contributed by atoms with Crippen molar-refractivity contribution in [1.82, 2.24) is 18.6 Å². The van der Waals surface area contributed by atoms with Gasteiger partial charge in [0.05, 0.1) is 0 Å². The highest BCUT2D eigenvalue weighted by Crippen LogP contribution is 2.44. The number of fused-ring (bicyclic) bond motifs is 2. The van der Waals surface area contributed by atoms with E-state index in [0.717, 1.165) is 37.6 Å². The summed E-state index contributed by atoms with van der Waals surface area (Å²) in [7, 11) is -1.84. The Balaban J connectivity index is 1.44. The molecule has 0 bridgehead atoms. The van der Waals surface area contributed by atoms with Gasteiger partial charge in [-0.25, -0.2) is 9.97 Å². The first-order chi connectivity index (χ1) is 16.3. The molecule has 0 radical (unpaired) electrons. The maximum Gasteiger partial charge on any atom is 0.171 e. The molecule has 5 heterocycles. The second-order valence-electron chi connectivity index (χ2n) is 10.6. The van der Waals surface area contributed by atoms with Crippen LogP contribution in [0.2, 0.25) is 16.6 Å². The Morgan fingerprint density at radius 1 is 0.765 bits per heavy atom. The van der Waals surface area contributed by atoms with E-state index in [1.165, 1.54) is 16.9 Å². The summed E-state index contributed by atoms with van der Waals surface area (Å²) >= 11 is 0. The minimum atomic E-state index is -1.84. The lowest BCUT2D eigenvalue weighted by Gasteiger charge is -2.44. The van der Waals surface area contributed by atoms with E-state index < -0.39 is 8.24 Å². The molecule has 1 aliphatic rings. The van der Waals surface area contributed by atoms with Crippen LogP contribution in [-0.2, 0) is 0 Å². The molecule has 0 atom stereocenters. The highest BCUT2D eigenvalue weighted by Gasteiger charge is 2.46. The van der Waals surface area contributed by atoms with Crippen LogP contribution >= 0.6 is 0 Å². The number of hydrogen-bond donors (Lipinski definition) is 0. The lowest BCUT2D eigenvalue weighted by atomic mass is 10.2. The minimum Gasteiger partial charge on any atom is -0.358 e. The van der Waals surface area contributed by atoms with E-state index >= 15 is 0 Å². The number of hydrogen-bond acceptors (Lipinski definition) is 4. The number of pyridine rings is 2. The molecule has 4 aromatic rings. The zero-order valence-electron chi connectivity index (χ0n) is 21.4. The average Bonchev–Trinajstić information content (AvgIpc) is 3.46. The standard InChI is InChI=1S/C27H38N6Si/c1-20(2)34(21(3)4,22(5)6)33-14-12-23-10-11-25(29-27(23)33)30-16-18-31(19-17-30)26-9-7-8-24-28-13-15-32(24)26/h7-15,20-22H,16-19H2,1-6H3. The van der Waals surface area contributed by atoms with Gasteiger partial charge in [-0.3, -0.25) is 4.40 Å². The van der Waals surface area contributed by atoms with Gasteiger partial charge in [0.15, 0.2) is 8.24 Å². The Bertz CT molecular complexity index is 1260. The van der Waals surface area contributed by atoms with E-state index in [-0.39, 0.29) is 0 Å². The number of imidazole rings is 1. The highest BCUT2D eigenvalue weighted by molar-refractivity contribution is 6.82. The molecule has 1 saturated heterocycles. The molecule has 1 fully saturated rings. The molecule has 0 amide bonds. The number of piperazine rings is 1. The van der Waals surface area contributed by atoms with Crippen LogP contribution in [0.1, 0.15) is 41.5 Å². The summed E-state index contributed by atoms with van der Waals surface area (Å²) in [5, 5.41) is 1.26. The van der Waals surface area contributed by atoms with Crippen LogP contribution < -0.4 is 9.80 Å². The van der Waals surface area contributed by atoms with Crippen LogP contribution in [0.4, 0.5) is 11.6 Å². The van der Waals surface area contributed by atoms with Crippen molar-refractivity contribution in [2.24, 2.45) is 0 Å². The maximum atomic E-state index is 5.30. The van der Waals surface area contributed by atoms with Crippen LogP contribution in [0.15, 0.2) is 55.0 Å². The molecule has 0 saturated carbocycles. The molecule has 0 aromatic carbocycles. The predicted octanol–water partition coefficient (Wildman–Crippen LogP) is 6.03. The molecule has 6 nitrogen and oxygen atoms in total. The number of nitrogens with zero attached hydrogens (tertiary/aromatic N) is 6. The van der Waals surface area contributed by atoms with Gasteiger partial charge >= 0.3 is 0 Å². The van der Waals surface area contributed by atoms with Gasteiger partial charge in [0.1, 0.15) is 22.9 Å². The second-order valence-corrected chi connectivity index (χ2v) is 16.4. The van der Waals surface area contributed by atoms with Gasteiger partial charge in [0, 0.05) is 44.0 Å². The molecule has 5 rings (SSSR count). The summed E-state index contributed by atoms with van der Waals surface area (Å²) in [4.78, 5) is 14.7. The molecular formula is C27H38N6Si. The molecule has 7 heteroatoms. The first-order valence-corrected chi connectivity index (χ1v) is 14.9. The van der Waals surface area contributed by atoms with Crippen molar-refractivity contribution < 1.29 is 0 Å². The van der Waals surface area contributed by atoms with Crippen molar-refractivity contribution in [2.75, 3.05) is 36.0 Å². The van der Waals surface area contributed by atoms with E-state index in [9.17, 15) is 0 Å². The van der Waals surface area contributed by atoms with Crippen molar-refractivity contribution in [3.63, 3.8) is 0 Å². The summed E-state index contributed by atoms with van der Waals surface area (Å²) in [5.74, 6) is 2.32. The lowest BCUT2D eigenvalue weighted by Crippen LogP contribution is -2.51. The van der Waals surface area contributed by atoms with E-state index in [1.807, 2.05) is 6.20 Å². The van der Waals surface area contributed by atoms with Crippen molar-refractivity contribution in [1.29, 1.82) is 0 Å². The van der Waals surface area contributed by atoms with Crippen molar-refractivity contribution >= 4 is 36.6 Å². The fourth-order valence-corrected chi connectivity index (χ4v) is 13.2. The molecule has 1 aliphatic heterocycles. The van der Waals surface area contributed by atoms with E-state index in [1.54, 1.807) is 0 Å². The van der Waals surface area contributed by atoms with Gasteiger partial charge < -0.3 is 14.0 Å². The molecular weight excluding hydrogens is 436 g/mol. The number of anilines is 2. The zero-order chi connectivity index (χ0) is 24.0. The molecule has 0 spiro atoms. The van der Waals surface area contributed by atoms with Gasteiger partial charge in [-0.05, 0) is 53.2 Å². The topological polar surface area (TPSA) is 41.6 Å². The summed E-state index contributed by atoms with van der Waals surface area (Å²) < 4.78 is 4.81. The van der Waals surface area contributed by atoms with Gasteiger partial charge in [0.2, 0.25) is 0 Å². The van der Waals surface area contributed by atoms with Crippen molar-refractivity contribution in [2.45, 2.75) is 58.2 Å². The molecule has 0 N–H and O–H groups in total. The average molecular weight is 475 g/mol. The van der Waals surface area contributed by atoms with Gasteiger partial charge in [-0.15, -0.1) is 0 Å². The Kier molecular flexibility index (Phi) is 5.92. The summed E-state index contributed by atoms with van der Waals surface area (Å²) in [6.45, 7) is 18.4. The fraction of sp³-hybridized carbons (Fsp3) is 0.481. The van der Waals surface area contributed by atoms with Crippen LogP contribution in [-0.4, -0.2) is 53.0 Å². The molecule has 34 heavy (non-hydrogen) atoms. The van der Waals surface area contributed by atoms with Crippen LogP contribution in [0, 0.1) is 0 Å². The zero-order valence-corrected chi connectivity index (χ0v) is 22.4. The first kappa shape index (κ1) is 23.0. The first-order valence-electron chi connectivity index (χ1n) is 12.7. The minimum absolute atomic E-state index is 0.642. The Labute approximate surface area is 204 Å². The normalized spacial score (nSPS) is 15.6. The number of aromatic nitrogens is 4. The molecule has 0 unspecified atom stereocenters. The van der Waals surface area contributed by atoms with Crippen LogP contribution in [0.5, 0.6) is 0 Å². The molecule has 180 valence electrons. The van der Waals surface area contributed by atoms with Gasteiger partial charge in [0.25, 0.3) is 0 Å². The largest absolute Gasteiger partial charge is 0.358 e. The fourth-order valence-electron chi connectivity index (χ4n) is 6.68. The van der Waals surface area contributed by atoms with Crippen LogP contribution in [0.25, 0.3) is 16.7 Å². The third-order valence-electron chi connectivity index (χ3n) is 8.05. The third kappa shape index (κ3) is 3.52. The van der Waals surface area contributed by atoms with Gasteiger partial charge in [-0.2, -0.15) is 0 Å². The smallest absolute Gasteiger partial charge is 0.171 e. The van der Waals surface area contributed by atoms with Crippen molar-refractivity contribution in [3.05, 3.63) is 55.0 Å².